The molecule has 0 aromatic rings. The third kappa shape index (κ3) is 4.60. The van der Waals surface area contributed by atoms with Crippen LogP contribution >= 0.6 is 0 Å². The third-order valence-electron chi connectivity index (χ3n) is 7.14. The van der Waals surface area contributed by atoms with Gasteiger partial charge in [-0.1, -0.05) is 0 Å². The molecule has 0 N–H and O–H groups in total. The summed E-state index contributed by atoms with van der Waals surface area (Å²) in [7, 11) is -5.66. The van der Waals surface area contributed by atoms with Gasteiger partial charge in [-0.3, -0.25) is 0 Å². The Morgan fingerprint density at radius 3 is 1.00 bits per heavy atom. The van der Waals surface area contributed by atoms with E-state index < -0.39 is 44.6 Å². The average molecular weight is 612 g/mol. The van der Waals surface area contributed by atoms with Crippen molar-refractivity contribution in [1.82, 2.24) is 0 Å². The van der Waals surface area contributed by atoms with Crippen LogP contribution in [0.3, 0.4) is 0 Å². The van der Waals surface area contributed by atoms with Gasteiger partial charge in [-0.05, 0) is 0 Å². The molecule has 1 heterocycles. The number of rotatable bonds is 4. The van der Waals surface area contributed by atoms with Gasteiger partial charge in [-0.15, -0.1) is 0 Å². The van der Waals surface area contributed by atoms with Gasteiger partial charge in [0.2, 0.25) is 0 Å². The van der Waals surface area contributed by atoms with Gasteiger partial charge in [-0.25, -0.2) is 0 Å². The van der Waals surface area contributed by atoms with Crippen LogP contribution in [0.5, 0.6) is 0 Å². The van der Waals surface area contributed by atoms with Crippen molar-refractivity contribution in [3.63, 3.8) is 0 Å². The first-order valence-corrected chi connectivity index (χ1v) is 38.1. The van der Waals surface area contributed by atoms with Gasteiger partial charge in [0.25, 0.3) is 0 Å². The summed E-state index contributed by atoms with van der Waals surface area (Å²) in [5, 5.41) is 0. The van der Waals surface area contributed by atoms with E-state index in [0.29, 0.717) is 0 Å². The Kier molecular flexibility index (Phi) is 8.00. The molecule has 1 aliphatic heterocycles. The summed E-state index contributed by atoms with van der Waals surface area (Å²) >= 11 is 1.30. The van der Waals surface area contributed by atoms with Crippen molar-refractivity contribution in [2.75, 3.05) is 0 Å². The first kappa shape index (κ1) is 24.6. The topological polar surface area (TPSA) is 0 Å². The molecule has 8 heteroatoms. The van der Waals surface area contributed by atoms with Gasteiger partial charge in [0.05, 0.1) is 0 Å². The Hall–Kier alpha value is 2.61. The van der Waals surface area contributed by atoms with Crippen LogP contribution in [0.15, 0.2) is 0 Å². The quantitative estimate of drug-likeness (QED) is 0.353. The van der Waals surface area contributed by atoms with Crippen molar-refractivity contribution >= 4 is 80.5 Å². The standard InChI is InChI=1S/C16H44SeSi6Te/c1-18(2,3)22(19(4,5)6)13-17-14-23(16-24-15-22,20(7,8)9)21(10,11)12/h13-16H2,1-12H3. The second-order valence-electron chi connectivity index (χ2n) is 12.1. The summed E-state index contributed by atoms with van der Waals surface area (Å²) in [5.74, 6) is 0. The van der Waals surface area contributed by atoms with Gasteiger partial charge in [0, 0.05) is 0 Å². The van der Waals surface area contributed by atoms with E-state index >= 15 is 0 Å². The maximum absolute atomic E-state index is 2.78. The molecule has 1 rings (SSSR count). The monoisotopic (exact) mass is 614 g/mol. The van der Waals surface area contributed by atoms with Crippen LogP contribution in [-0.2, 0) is 0 Å². The van der Waals surface area contributed by atoms with Crippen molar-refractivity contribution < 1.29 is 0 Å². The predicted octanol–water partition coefficient (Wildman–Crippen LogP) is 5.80. The van der Waals surface area contributed by atoms with E-state index in [1.165, 1.54) is 0 Å². The zero-order valence-electron chi connectivity index (χ0n) is 18.6. The van der Waals surface area contributed by atoms with E-state index in [1.54, 1.807) is 0 Å². The molecule has 0 aromatic heterocycles. The van der Waals surface area contributed by atoms with Crippen molar-refractivity contribution in [1.29, 1.82) is 0 Å². The molecule has 0 atom stereocenters. The fourth-order valence-corrected chi connectivity index (χ4v) is 195. The molecule has 0 bridgehead atoms. The molecule has 0 aromatic carbocycles. The van der Waals surface area contributed by atoms with Crippen molar-refractivity contribution in [2.24, 2.45) is 0 Å². The van der Waals surface area contributed by atoms with Crippen LogP contribution in [0.1, 0.15) is 0 Å². The molecular weight excluding hydrogens is 567 g/mol. The Bertz CT molecular complexity index is 359. The molecule has 144 valence electrons. The van der Waals surface area contributed by atoms with Gasteiger partial charge >= 0.3 is 177 Å². The molecule has 1 aliphatic rings. The SMILES string of the molecule is C[Si](C)(C)[Si]1([Si](C)(C)C)C[Se]C[Si]([Si](C)(C)C)([Si](C)(C)C)C[Te]C1. The van der Waals surface area contributed by atoms with Crippen molar-refractivity contribution in [3.05, 3.63) is 0 Å². The van der Waals surface area contributed by atoms with E-state index in [2.05, 4.69) is 78.6 Å². The van der Waals surface area contributed by atoms with Gasteiger partial charge < -0.3 is 0 Å². The molecule has 1 saturated heterocycles. The Balaban J connectivity index is 3.24. The first-order valence-electron chi connectivity index (χ1n) is 9.57. The van der Waals surface area contributed by atoms with Crippen LogP contribution in [0.4, 0.5) is 0 Å². The van der Waals surface area contributed by atoms with Crippen LogP contribution in [-0.4, -0.2) is 80.5 Å². The van der Waals surface area contributed by atoms with Crippen LogP contribution in [0.2, 0.25) is 96.6 Å². The Labute approximate surface area is 175 Å². The molecule has 24 heavy (non-hydrogen) atoms. The second-order valence-corrected chi connectivity index (χ2v) is 78.7. The molecule has 0 amide bonds. The zero-order valence-corrected chi connectivity index (χ0v) is 28.7. The number of hydrogen-bond acceptors (Lipinski definition) is 0. The molecule has 0 spiro atoms. The fourth-order valence-electron chi connectivity index (χ4n) is 4.86. The minimum atomic E-state index is -0.948. The summed E-state index contributed by atoms with van der Waals surface area (Å²) in [6, 6.07) is 0. The summed E-state index contributed by atoms with van der Waals surface area (Å²) in [4.78, 5) is 3.64. The summed E-state index contributed by atoms with van der Waals surface area (Å²) in [5.41, 5.74) is 0. The average Bonchev–Trinajstić information content (AvgIpc) is 2.20. The molecule has 0 nitrogen and oxygen atoms in total. The normalized spacial score (nSPS) is 23.5. The molecule has 0 radical (unpaired) electrons. The number of hydrogen-bond donors (Lipinski definition) is 0. The second kappa shape index (κ2) is 7.79. The zero-order chi connectivity index (χ0) is 19.2. The Morgan fingerprint density at radius 1 is 0.542 bits per heavy atom. The molecule has 1 fully saturated rings. The third-order valence-corrected chi connectivity index (χ3v) is 124. The van der Waals surface area contributed by atoms with Crippen molar-refractivity contribution in [3.8, 4) is 0 Å². The Morgan fingerprint density at radius 2 is 0.792 bits per heavy atom. The summed E-state index contributed by atoms with van der Waals surface area (Å²) < 4.78 is 3.74. The molecule has 0 unspecified atom stereocenters. The predicted molar refractivity (Wildman–Crippen MR) is 136 cm³/mol. The molecular formula is C16H44SeSi6Te. The molecule has 0 saturated carbocycles. The minimum absolute atomic E-state index is 0.289. The van der Waals surface area contributed by atoms with E-state index in [9.17, 15) is 0 Å². The van der Waals surface area contributed by atoms with E-state index in [0.717, 1.165) is 15.0 Å². The van der Waals surface area contributed by atoms with E-state index in [4.69, 9.17) is 0 Å². The van der Waals surface area contributed by atoms with E-state index in [1.807, 2.05) is 18.1 Å². The maximum atomic E-state index is 2.78. The van der Waals surface area contributed by atoms with Gasteiger partial charge in [0.1, 0.15) is 0 Å². The summed E-state index contributed by atoms with van der Waals surface area (Å²) in [6.07, 6.45) is 0. The summed E-state index contributed by atoms with van der Waals surface area (Å²) in [6.45, 7) is 33.4. The van der Waals surface area contributed by atoms with Crippen LogP contribution in [0.25, 0.3) is 0 Å². The van der Waals surface area contributed by atoms with Crippen LogP contribution in [0, 0.1) is 0 Å². The van der Waals surface area contributed by atoms with E-state index in [-0.39, 0.29) is 20.9 Å². The first-order chi connectivity index (χ1) is 10.4. The fraction of sp³-hybridized carbons (Fsp3) is 1.00. The van der Waals surface area contributed by atoms with Crippen molar-refractivity contribution in [2.45, 2.75) is 96.6 Å². The van der Waals surface area contributed by atoms with Gasteiger partial charge in [-0.2, -0.15) is 0 Å². The van der Waals surface area contributed by atoms with Gasteiger partial charge in [0.15, 0.2) is 0 Å². The molecule has 0 aliphatic carbocycles. The van der Waals surface area contributed by atoms with Crippen LogP contribution < -0.4 is 0 Å².